The zero-order valence-corrected chi connectivity index (χ0v) is 16.2. The molecular weight excluding hydrogens is 375 g/mol. The minimum Gasteiger partial charge on any atom is -0.257 e. The minimum atomic E-state index is 0.159. The Morgan fingerprint density at radius 1 is 0.815 bits per heavy atom. The van der Waals surface area contributed by atoms with Crippen molar-refractivity contribution in [1.82, 2.24) is 0 Å². The molecule has 2 unspecified atom stereocenters. The Labute approximate surface area is 169 Å². The highest BCUT2D eigenvalue weighted by Crippen LogP contribution is 2.45. The van der Waals surface area contributed by atoms with Crippen LogP contribution in [0, 0.1) is 5.92 Å². The molecule has 2 aliphatic rings. The van der Waals surface area contributed by atoms with Gasteiger partial charge in [-0.25, -0.2) is 0 Å². The summed E-state index contributed by atoms with van der Waals surface area (Å²) < 4.78 is 0. The lowest BCUT2D eigenvalue weighted by atomic mass is 9.77. The summed E-state index contributed by atoms with van der Waals surface area (Å²) >= 11 is 12.2. The average Bonchev–Trinajstić information content (AvgIpc) is 3.09. The van der Waals surface area contributed by atoms with Crippen LogP contribution in [0.15, 0.2) is 77.9 Å². The van der Waals surface area contributed by atoms with Gasteiger partial charge in [-0.05, 0) is 60.4 Å². The van der Waals surface area contributed by atoms with E-state index in [-0.39, 0.29) is 6.04 Å². The zero-order valence-electron chi connectivity index (χ0n) is 14.6. The molecule has 0 saturated heterocycles. The first-order chi connectivity index (χ1) is 13.2. The first-order valence-corrected chi connectivity index (χ1v) is 9.93. The smallest absolute Gasteiger partial charge is 0.0860 e. The third-order valence-electron chi connectivity index (χ3n) is 5.53. The van der Waals surface area contributed by atoms with Gasteiger partial charge in [-0.3, -0.25) is 5.01 Å². The standard InChI is InChI=1S/C23H18Cl2N2/c24-17-8-5-16(6-9-17)23-21-14-7-15-3-1-2-4-20(15)22(21)26-27(23)19-12-10-18(25)11-13-19/h1-6,8-13,21,23H,7,14H2. The molecule has 0 radical (unpaired) electrons. The molecule has 134 valence electrons. The van der Waals surface area contributed by atoms with Crippen LogP contribution in [0.25, 0.3) is 0 Å². The van der Waals surface area contributed by atoms with Crippen LogP contribution in [0.1, 0.15) is 29.2 Å². The minimum absolute atomic E-state index is 0.159. The number of benzene rings is 3. The summed E-state index contributed by atoms with van der Waals surface area (Å²) in [5.41, 5.74) is 6.15. The van der Waals surface area contributed by atoms with Crippen molar-refractivity contribution in [3.05, 3.63) is 99.5 Å². The van der Waals surface area contributed by atoms with Gasteiger partial charge < -0.3 is 0 Å². The largest absolute Gasteiger partial charge is 0.257 e. The zero-order chi connectivity index (χ0) is 18.4. The monoisotopic (exact) mass is 392 g/mol. The van der Waals surface area contributed by atoms with E-state index >= 15 is 0 Å². The van der Waals surface area contributed by atoms with Crippen LogP contribution in [0.4, 0.5) is 5.69 Å². The van der Waals surface area contributed by atoms with Crippen molar-refractivity contribution in [2.75, 3.05) is 5.01 Å². The first kappa shape index (κ1) is 16.9. The summed E-state index contributed by atoms with van der Waals surface area (Å²) in [4.78, 5) is 0. The van der Waals surface area contributed by atoms with Crippen molar-refractivity contribution in [1.29, 1.82) is 0 Å². The fraction of sp³-hybridized carbons (Fsp3) is 0.174. The van der Waals surface area contributed by atoms with Gasteiger partial charge in [0.15, 0.2) is 0 Å². The van der Waals surface area contributed by atoms with Crippen LogP contribution in [0.2, 0.25) is 10.0 Å². The van der Waals surface area contributed by atoms with Gasteiger partial charge in [0.25, 0.3) is 0 Å². The molecule has 3 aromatic rings. The molecule has 2 nitrogen and oxygen atoms in total. The normalized spacial score (nSPS) is 20.8. The molecule has 5 rings (SSSR count). The van der Waals surface area contributed by atoms with Crippen molar-refractivity contribution < 1.29 is 0 Å². The van der Waals surface area contributed by atoms with Gasteiger partial charge in [0.1, 0.15) is 0 Å². The van der Waals surface area contributed by atoms with E-state index in [0.717, 1.165) is 28.6 Å². The fourth-order valence-corrected chi connectivity index (χ4v) is 4.52. The molecule has 0 spiro atoms. The number of hydrazone groups is 1. The first-order valence-electron chi connectivity index (χ1n) is 9.18. The summed E-state index contributed by atoms with van der Waals surface area (Å²) in [5, 5.41) is 8.75. The van der Waals surface area contributed by atoms with E-state index < -0.39 is 0 Å². The van der Waals surface area contributed by atoms with Crippen LogP contribution in [0.3, 0.4) is 0 Å². The molecule has 27 heavy (non-hydrogen) atoms. The Kier molecular flexibility index (Phi) is 4.18. The van der Waals surface area contributed by atoms with Crippen LogP contribution in [0.5, 0.6) is 0 Å². The van der Waals surface area contributed by atoms with E-state index in [2.05, 4.69) is 41.4 Å². The molecule has 3 aromatic carbocycles. The number of nitrogens with zero attached hydrogens (tertiary/aromatic N) is 2. The van der Waals surface area contributed by atoms with E-state index in [4.69, 9.17) is 28.3 Å². The Balaban J connectivity index is 1.64. The third-order valence-corrected chi connectivity index (χ3v) is 6.04. The number of rotatable bonds is 2. The van der Waals surface area contributed by atoms with Gasteiger partial charge in [-0.2, -0.15) is 5.10 Å². The van der Waals surface area contributed by atoms with E-state index in [1.54, 1.807) is 0 Å². The SMILES string of the molecule is Clc1ccc(C2C3CCc4ccccc4C3=NN2c2ccc(Cl)cc2)cc1. The van der Waals surface area contributed by atoms with Gasteiger partial charge >= 0.3 is 0 Å². The summed E-state index contributed by atoms with van der Waals surface area (Å²) in [7, 11) is 0. The number of halogens is 2. The van der Waals surface area contributed by atoms with Gasteiger partial charge in [0, 0.05) is 21.5 Å². The van der Waals surface area contributed by atoms with Crippen molar-refractivity contribution in [2.24, 2.45) is 11.0 Å². The maximum absolute atomic E-state index is 6.14. The van der Waals surface area contributed by atoms with Crippen molar-refractivity contribution in [2.45, 2.75) is 18.9 Å². The molecule has 0 fully saturated rings. The lowest BCUT2D eigenvalue weighted by molar-refractivity contribution is 0.510. The molecule has 1 aliphatic heterocycles. The predicted octanol–water partition coefficient (Wildman–Crippen LogP) is 6.52. The number of fused-ring (bicyclic) bond motifs is 3. The highest BCUT2D eigenvalue weighted by Gasteiger charge is 2.41. The molecule has 2 atom stereocenters. The van der Waals surface area contributed by atoms with Crippen LogP contribution >= 0.6 is 23.2 Å². The molecule has 0 amide bonds. The van der Waals surface area contributed by atoms with Crippen molar-refractivity contribution >= 4 is 34.6 Å². The molecule has 0 aromatic heterocycles. The molecule has 0 saturated carbocycles. The van der Waals surface area contributed by atoms with E-state index in [1.165, 1.54) is 22.4 Å². The summed E-state index contributed by atoms with van der Waals surface area (Å²) in [6.07, 6.45) is 2.17. The highest BCUT2D eigenvalue weighted by atomic mass is 35.5. The molecule has 1 heterocycles. The van der Waals surface area contributed by atoms with E-state index in [9.17, 15) is 0 Å². The van der Waals surface area contributed by atoms with Gasteiger partial charge in [0.2, 0.25) is 0 Å². The number of anilines is 1. The predicted molar refractivity (Wildman–Crippen MR) is 113 cm³/mol. The van der Waals surface area contributed by atoms with Crippen molar-refractivity contribution in [3.63, 3.8) is 0 Å². The Morgan fingerprint density at radius 3 is 2.22 bits per heavy atom. The highest BCUT2D eigenvalue weighted by molar-refractivity contribution is 6.30. The summed E-state index contributed by atoms with van der Waals surface area (Å²) in [5.74, 6) is 0.358. The van der Waals surface area contributed by atoms with E-state index in [0.29, 0.717) is 5.92 Å². The number of hydrogen-bond acceptors (Lipinski definition) is 2. The summed E-state index contributed by atoms with van der Waals surface area (Å²) in [6.45, 7) is 0. The molecular formula is C23H18Cl2N2. The maximum atomic E-state index is 6.14. The molecule has 1 aliphatic carbocycles. The van der Waals surface area contributed by atoms with Crippen LogP contribution in [-0.2, 0) is 6.42 Å². The van der Waals surface area contributed by atoms with Crippen molar-refractivity contribution in [3.8, 4) is 0 Å². The number of aryl methyl sites for hydroxylation is 1. The maximum Gasteiger partial charge on any atom is 0.0860 e. The topological polar surface area (TPSA) is 15.6 Å². The second kappa shape index (κ2) is 6.70. The summed E-state index contributed by atoms with van der Waals surface area (Å²) in [6, 6.07) is 24.9. The van der Waals surface area contributed by atoms with Crippen LogP contribution < -0.4 is 5.01 Å². The van der Waals surface area contributed by atoms with Gasteiger partial charge in [-0.1, -0.05) is 59.6 Å². The lowest BCUT2D eigenvalue weighted by Crippen LogP contribution is -2.28. The quantitative estimate of drug-likeness (QED) is 0.484. The van der Waals surface area contributed by atoms with Gasteiger partial charge in [-0.15, -0.1) is 0 Å². The Morgan fingerprint density at radius 2 is 1.48 bits per heavy atom. The Hall–Kier alpha value is -2.29. The lowest BCUT2D eigenvalue weighted by Gasteiger charge is -2.30. The van der Waals surface area contributed by atoms with Crippen LogP contribution in [-0.4, -0.2) is 5.71 Å². The molecule has 0 bridgehead atoms. The second-order valence-electron chi connectivity index (χ2n) is 7.10. The third kappa shape index (κ3) is 2.93. The fourth-order valence-electron chi connectivity index (χ4n) is 4.27. The van der Waals surface area contributed by atoms with Gasteiger partial charge in [0.05, 0.1) is 17.4 Å². The molecule has 0 N–H and O–H groups in total. The average molecular weight is 393 g/mol. The second-order valence-corrected chi connectivity index (χ2v) is 7.98. The molecule has 4 heteroatoms. The number of hydrogen-bond donors (Lipinski definition) is 0. The van der Waals surface area contributed by atoms with E-state index in [1.807, 2.05) is 36.4 Å². The Bertz CT molecular complexity index is 1010.